The summed E-state index contributed by atoms with van der Waals surface area (Å²) in [6.07, 6.45) is 3.47. The first-order valence-electron chi connectivity index (χ1n) is 7.11. The Morgan fingerprint density at radius 3 is 2.65 bits per heavy atom. The molecule has 1 saturated carbocycles. The van der Waals surface area contributed by atoms with E-state index >= 15 is 0 Å². The zero-order valence-electron chi connectivity index (χ0n) is 11.6. The highest BCUT2D eigenvalue weighted by Gasteiger charge is 2.41. The molecule has 1 saturated heterocycles. The number of nitrogens with one attached hydrogen (secondary N) is 1. The van der Waals surface area contributed by atoms with Crippen molar-refractivity contribution in [3.05, 3.63) is 0 Å². The summed E-state index contributed by atoms with van der Waals surface area (Å²) in [6, 6.07) is 0. The summed E-state index contributed by atoms with van der Waals surface area (Å²) in [5.41, 5.74) is 0.234. The van der Waals surface area contributed by atoms with Gasteiger partial charge in [0.2, 0.25) is 0 Å². The maximum atomic E-state index is 9.86. The van der Waals surface area contributed by atoms with Crippen LogP contribution in [0.3, 0.4) is 0 Å². The van der Waals surface area contributed by atoms with Crippen molar-refractivity contribution < 1.29 is 5.11 Å². The first kappa shape index (κ1) is 13.3. The largest absolute Gasteiger partial charge is 0.393 e. The Bertz CT molecular complexity index is 249. The Labute approximate surface area is 106 Å². The Hall–Kier alpha value is -0.120. The predicted molar refractivity (Wildman–Crippen MR) is 71.0 cm³/mol. The quantitative estimate of drug-likeness (QED) is 0.731. The summed E-state index contributed by atoms with van der Waals surface area (Å²) in [7, 11) is 0. The smallest absolute Gasteiger partial charge is 0.0583 e. The van der Waals surface area contributed by atoms with Crippen LogP contribution in [-0.2, 0) is 0 Å². The minimum Gasteiger partial charge on any atom is -0.393 e. The second kappa shape index (κ2) is 5.25. The van der Waals surface area contributed by atoms with Crippen molar-refractivity contribution in [3.8, 4) is 0 Å². The van der Waals surface area contributed by atoms with E-state index in [1.165, 1.54) is 25.9 Å². The standard InChI is InChI=1S/C14H28N2O/c1-14(2,3)15-7-4-8-16-9-11-5-6-13(17)12(11)10-16/h11-13,15,17H,4-10H2,1-3H3. The number of hydrogen-bond donors (Lipinski definition) is 2. The van der Waals surface area contributed by atoms with Crippen LogP contribution in [0.2, 0.25) is 0 Å². The predicted octanol–water partition coefficient (Wildman–Crippen LogP) is 1.47. The third-order valence-corrected chi connectivity index (χ3v) is 4.20. The lowest BCUT2D eigenvalue weighted by molar-refractivity contribution is 0.124. The van der Waals surface area contributed by atoms with E-state index in [0.717, 1.165) is 25.4 Å². The third-order valence-electron chi connectivity index (χ3n) is 4.20. The van der Waals surface area contributed by atoms with Crippen molar-refractivity contribution in [1.29, 1.82) is 0 Å². The summed E-state index contributed by atoms with van der Waals surface area (Å²) in [5, 5.41) is 13.4. The Balaban J connectivity index is 1.62. The minimum absolute atomic E-state index is 0.0160. The highest BCUT2D eigenvalue weighted by Crippen LogP contribution is 2.37. The maximum Gasteiger partial charge on any atom is 0.0583 e. The van der Waals surface area contributed by atoms with Crippen molar-refractivity contribution in [2.24, 2.45) is 11.8 Å². The van der Waals surface area contributed by atoms with Crippen LogP contribution in [0.25, 0.3) is 0 Å². The lowest BCUT2D eigenvalue weighted by Gasteiger charge is -2.22. The number of hydrogen-bond acceptors (Lipinski definition) is 3. The fraction of sp³-hybridized carbons (Fsp3) is 1.00. The Morgan fingerprint density at radius 1 is 1.24 bits per heavy atom. The molecule has 17 heavy (non-hydrogen) atoms. The molecule has 100 valence electrons. The molecular weight excluding hydrogens is 212 g/mol. The van der Waals surface area contributed by atoms with Gasteiger partial charge in [-0.25, -0.2) is 0 Å². The first-order valence-corrected chi connectivity index (χ1v) is 7.11. The fourth-order valence-electron chi connectivity index (χ4n) is 3.28. The SMILES string of the molecule is CC(C)(C)NCCCN1CC2CCC(O)C2C1. The Kier molecular flexibility index (Phi) is 4.11. The molecule has 0 aromatic heterocycles. The second-order valence-electron chi connectivity index (χ2n) is 6.86. The van der Waals surface area contributed by atoms with Gasteiger partial charge in [-0.15, -0.1) is 0 Å². The molecule has 2 rings (SSSR count). The molecule has 3 heteroatoms. The van der Waals surface area contributed by atoms with Crippen LogP contribution < -0.4 is 5.32 Å². The van der Waals surface area contributed by atoms with Crippen molar-refractivity contribution in [1.82, 2.24) is 10.2 Å². The van der Waals surface area contributed by atoms with Gasteiger partial charge in [-0.3, -0.25) is 0 Å². The van der Waals surface area contributed by atoms with E-state index in [1.807, 2.05) is 0 Å². The van der Waals surface area contributed by atoms with Crippen LogP contribution in [0.5, 0.6) is 0 Å². The second-order valence-corrected chi connectivity index (χ2v) is 6.86. The number of rotatable bonds is 4. The van der Waals surface area contributed by atoms with Gasteiger partial charge in [-0.2, -0.15) is 0 Å². The van der Waals surface area contributed by atoms with E-state index in [1.54, 1.807) is 0 Å². The van der Waals surface area contributed by atoms with Gasteiger partial charge >= 0.3 is 0 Å². The van der Waals surface area contributed by atoms with E-state index in [0.29, 0.717) is 5.92 Å². The van der Waals surface area contributed by atoms with Crippen LogP contribution in [0.4, 0.5) is 0 Å². The van der Waals surface area contributed by atoms with Gasteiger partial charge in [-0.05, 0) is 59.0 Å². The van der Waals surface area contributed by atoms with Crippen molar-refractivity contribution in [3.63, 3.8) is 0 Å². The molecule has 2 N–H and O–H groups in total. The van der Waals surface area contributed by atoms with Crippen LogP contribution >= 0.6 is 0 Å². The minimum atomic E-state index is -0.0160. The Morgan fingerprint density at radius 2 is 2.00 bits per heavy atom. The van der Waals surface area contributed by atoms with Crippen LogP contribution in [0.1, 0.15) is 40.0 Å². The molecule has 2 aliphatic rings. The molecule has 3 unspecified atom stereocenters. The van der Waals surface area contributed by atoms with E-state index in [4.69, 9.17) is 0 Å². The number of likely N-dealkylation sites (tertiary alicyclic amines) is 1. The third kappa shape index (κ3) is 3.67. The molecule has 0 bridgehead atoms. The van der Waals surface area contributed by atoms with Gasteiger partial charge < -0.3 is 15.3 Å². The van der Waals surface area contributed by atoms with Crippen LogP contribution in [0, 0.1) is 11.8 Å². The molecule has 2 fully saturated rings. The van der Waals surface area contributed by atoms with E-state index in [-0.39, 0.29) is 11.6 Å². The highest BCUT2D eigenvalue weighted by atomic mass is 16.3. The van der Waals surface area contributed by atoms with Gasteiger partial charge in [0.05, 0.1) is 6.10 Å². The molecule has 0 radical (unpaired) electrons. The molecule has 3 atom stereocenters. The maximum absolute atomic E-state index is 9.86. The summed E-state index contributed by atoms with van der Waals surface area (Å²) >= 11 is 0. The summed E-state index contributed by atoms with van der Waals surface area (Å²) < 4.78 is 0. The lowest BCUT2D eigenvalue weighted by atomic mass is 10.00. The van der Waals surface area contributed by atoms with E-state index < -0.39 is 0 Å². The van der Waals surface area contributed by atoms with Crippen molar-refractivity contribution in [2.45, 2.75) is 51.7 Å². The first-order chi connectivity index (χ1) is 7.96. The van der Waals surface area contributed by atoms with Gasteiger partial charge in [-0.1, -0.05) is 0 Å². The normalized spacial score (nSPS) is 34.2. The fourth-order valence-corrected chi connectivity index (χ4v) is 3.28. The van der Waals surface area contributed by atoms with Gasteiger partial charge in [0.1, 0.15) is 0 Å². The molecule has 0 amide bonds. The molecular formula is C14H28N2O. The number of nitrogens with zero attached hydrogens (tertiary/aromatic N) is 1. The zero-order chi connectivity index (χ0) is 12.5. The average molecular weight is 240 g/mol. The lowest BCUT2D eigenvalue weighted by Crippen LogP contribution is -2.37. The number of aliphatic hydroxyl groups excluding tert-OH is 1. The van der Waals surface area contributed by atoms with Crippen molar-refractivity contribution >= 4 is 0 Å². The van der Waals surface area contributed by atoms with Crippen LogP contribution in [0.15, 0.2) is 0 Å². The van der Waals surface area contributed by atoms with Gasteiger partial charge in [0, 0.05) is 24.5 Å². The van der Waals surface area contributed by atoms with Gasteiger partial charge in [0.15, 0.2) is 0 Å². The average Bonchev–Trinajstić information content (AvgIpc) is 2.75. The van der Waals surface area contributed by atoms with E-state index in [9.17, 15) is 5.11 Å². The molecule has 1 aliphatic carbocycles. The van der Waals surface area contributed by atoms with Crippen molar-refractivity contribution in [2.75, 3.05) is 26.2 Å². The topological polar surface area (TPSA) is 35.5 Å². The van der Waals surface area contributed by atoms with Crippen LogP contribution in [-0.4, -0.2) is 47.8 Å². The summed E-state index contributed by atoms with van der Waals surface area (Å²) in [6.45, 7) is 11.3. The molecule has 0 aromatic rings. The molecule has 1 aliphatic heterocycles. The highest BCUT2D eigenvalue weighted by molar-refractivity contribution is 4.93. The molecule has 3 nitrogen and oxygen atoms in total. The molecule has 1 heterocycles. The van der Waals surface area contributed by atoms with E-state index in [2.05, 4.69) is 31.0 Å². The number of fused-ring (bicyclic) bond motifs is 1. The monoisotopic (exact) mass is 240 g/mol. The zero-order valence-corrected chi connectivity index (χ0v) is 11.6. The summed E-state index contributed by atoms with van der Waals surface area (Å²) in [5.74, 6) is 1.35. The molecule has 0 aromatic carbocycles. The molecule has 0 spiro atoms. The summed E-state index contributed by atoms with van der Waals surface area (Å²) in [4.78, 5) is 2.54. The van der Waals surface area contributed by atoms with Gasteiger partial charge in [0.25, 0.3) is 0 Å². The number of aliphatic hydroxyl groups is 1.